The van der Waals surface area contributed by atoms with Gasteiger partial charge in [-0.3, -0.25) is 14.4 Å². The number of carbonyl (C=O) groups excluding carboxylic acids is 3. The molecule has 1 aliphatic carbocycles. The van der Waals surface area contributed by atoms with Gasteiger partial charge in [-0.15, -0.1) is 0 Å². The van der Waals surface area contributed by atoms with E-state index in [-0.39, 0.29) is 17.7 Å². The predicted octanol–water partition coefficient (Wildman–Crippen LogP) is 0.189. The number of hydrogen-bond acceptors (Lipinski definition) is 4. The first kappa shape index (κ1) is 17.7. The van der Waals surface area contributed by atoms with Crippen molar-refractivity contribution in [2.45, 2.75) is 57.5 Å². The third-order valence-electron chi connectivity index (χ3n) is 4.60. The maximum atomic E-state index is 12.7. The van der Waals surface area contributed by atoms with Crippen molar-refractivity contribution in [1.29, 1.82) is 0 Å². The Hall–Kier alpha value is -1.63. The summed E-state index contributed by atoms with van der Waals surface area (Å²) in [5.41, 5.74) is -0.871. The lowest BCUT2D eigenvalue weighted by molar-refractivity contribution is -0.141. The predicted molar refractivity (Wildman–Crippen MR) is 84.6 cm³/mol. The van der Waals surface area contributed by atoms with E-state index in [9.17, 15) is 14.4 Å². The molecule has 7 heteroatoms. The summed E-state index contributed by atoms with van der Waals surface area (Å²) in [5, 5.41) is 5.63. The topological polar surface area (TPSA) is 87.7 Å². The van der Waals surface area contributed by atoms with Gasteiger partial charge in [0, 0.05) is 20.0 Å². The van der Waals surface area contributed by atoms with Crippen LogP contribution in [0.3, 0.4) is 0 Å². The van der Waals surface area contributed by atoms with Gasteiger partial charge in [0.05, 0.1) is 13.2 Å². The molecule has 3 amide bonds. The van der Waals surface area contributed by atoms with E-state index >= 15 is 0 Å². The zero-order valence-corrected chi connectivity index (χ0v) is 14.0. The van der Waals surface area contributed by atoms with Crippen LogP contribution in [0.4, 0.5) is 0 Å². The molecule has 23 heavy (non-hydrogen) atoms. The molecular formula is C16H27N3O4. The summed E-state index contributed by atoms with van der Waals surface area (Å²) < 4.78 is 5.24. The Morgan fingerprint density at radius 2 is 1.70 bits per heavy atom. The monoisotopic (exact) mass is 325 g/mol. The zero-order valence-electron chi connectivity index (χ0n) is 14.0. The number of ether oxygens (including phenoxy) is 1. The first-order valence-corrected chi connectivity index (χ1v) is 8.41. The molecule has 1 saturated heterocycles. The van der Waals surface area contributed by atoms with E-state index in [0.29, 0.717) is 39.1 Å². The smallest absolute Gasteiger partial charge is 0.246 e. The lowest BCUT2D eigenvalue weighted by Gasteiger charge is -2.37. The van der Waals surface area contributed by atoms with Crippen molar-refractivity contribution in [1.82, 2.24) is 15.5 Å². The quantitative estimate of drug-likeness (QED) is 0.772. The van der Waals surface area contributed by atoms with Crippen LogP contribution in [0.25, 0.3) is 0 Å². The maximum absolute atomic E-state index is 12.7. The molecule has 2 N–H and O–H groups in total. The Kier molecular flexibility index (Phi) is 5.98. The minimum atomic E-state index is -0.871. The van der Waals surface area contributed by atoms with E-state index < -0.39 is 11.6 Å². The van der Waals surface area contributed by atoms with Crippen molar-refractivity contribution < 1.29 is 19.1 Å². The Labute approximate surface area is 137 Å². The van der Waals surface area contributed by atoms with Gasteiger partial charge in [-0.25, -0.2) is 0 Å². The molecule has 0 aromatic heterocycles. The second-order valence-electron chi connectivity index (χ2n) is 6.46. The van der Waals surface area contributed by atoms with E-state index in [1.807, 2.05) is 0 Å². The molecule has 2 rings (SSSR count). The summed E-state index contributed by atoms with van der Waals surface area (Å²) in [6.45, 7) is 5.28. The molecule has 0 radical (unpaired) electrons. The molecule has 130 valence electrons. The molecule has 1 saturated carbocycles. The van der Waals surface area contributed by atoms with Gasteiger partial charge in [0.15, 0.2) is 0 Å². The first-order valence-electron chi connectivity index (χ1n) is 8.41. The average Bonchev–Trinajstić information content (AvgIpc) is 2.55. The average molecular weight is 325 g/mol. The van der Waals surface area contributed by atoms with Crippen LogP contribution in [0.5, 0.6) is 0 Å². The third-order valence-corrected chi connectivity index (χ3v) is 4.60. The normalized spacial score (nSPS) is 22.1. The summed E-state index contributed by atoms with van der Waals surface area (Å²) >= 11 is 0. The van der Waals surface area contributed by atoms with Gasteiger partial charge in [0.25, 0.3) is 0 Å². The van der Waals surface area contributed by atoms with Crippen molar-refractivity contribution in [2.75, 3.05) is 26.3 Å². The number of morpholine rings is 1. The standard InChI is InChI=1S/C16H27N3O4/c1-12(14(21)19-8-10-23-11-9-19)17-15(22)16(18-13(2)20)6-4-3-5-7-16/h12H,3-11H2,1-2H3,(H,17,22)(H,18,20). The van der Waals surface area contributed by atoms with Crippen molar-refractivity contribution in [2.24, 2.45) is 0 Å². The Balaban J connectivity index is 1.99. The second-order valence-corrected chi connectivity index (χ2v) is 6.46. The number of nitrogens with one attached hydrogen (secondary N) is 2. The summed E-state index contributed by atoms with van der Waals surface area (Å²) in [6.07, 6.45) is 4.11. The van der Waals surface area contributed by atoms with Crippen molar-refractivity contribution in [3.05, 3.63) is 0 Å². The summed E-state index contributed by atoms with van der Waals surface area (Å²) in [5.74, 6) is -0.564. The summed E-state index contributed by atoms with van der Waals surface area (Å²) in [4.78, 5) is 38.4. The molecule has 0 bridgehead atoms. The van der Waals surface area contributed by atoms with Gasteiger partial charge in [0.2, 0.25) is 17.7 Å². The van der Waals surface area contributed by atoms with E-state index in [1.165, 1.54) is 6.92 Å². The van der Waals surface area contributed by atoms with Crippen LogP contribution in [0.15, 0.2) is 0 Å². The van der Waals surface area contributed by atoms with Crippen LogP contribution in [0.2, 0.25) is 0 Å². The lowest BCUT2D eigenvalue weighted by atomic mass is 9.80. The highest BCUT2D eigenvalue weighted by Gasteiger charge is 2.41. The van der Waals surface area contributed by atoms with Gasteiger partial charge >= 0.3 is 0 Å². The van der Waals surface area contributed by atoms with Crippen LogP contribution in [-0.2, 0) is 19.1 Å². The number of rotatable bonds is 4. The number of carbonyl (C=O) groups is 3. The SMILES string of the molecule is CC(=O)NC1(C(=O)NC(C)C(=O)N2CCOCC2)CCCCC1. The number of hydrogen-bond donors (Lipinski definition) is 2. The molecule has 0 spiro atoms. The minimum absolute atomic E-state index is 0.101. The van der Waals surface area contributed by atoms with E-state index in [1.54, 1.807) is 11.8 Å². The molecule has 1 aliphatic heterocycles. The third kappa shape index (κ3) is 4.43. The summed E-state index contributed by atoms with van der Waals surface area (Å²) in [6, 6.07) is -0.604. The van der Waals surface area contributed by atoms with E-state index in [4.69, 9.17) is 4.74 Å². The molecule has 7 nitrogen and oxygen atoms in total. The van der Waals surface area contributed by atoms with Crippen LogP contribution >= 0.6 is 0 Å². The molecule has 2 aliphatic rings. The molecule has 0 aromatic carbocycles. The number of nitrogens with zero attached hydrogens (tertiary/aromatic N) is 1. The van der Waals surface area contributed by atoms with Gasteiger partial charge < -0.3 is 20.3 Å². The van der Waals surface area contributed by atoms with Crippen LogP contribution in [-0.4, -0.2) is 60.5 Å². The van der Waals surface area contributed by atoms with Gasteiger partial charge in [0.1, 0.15) is 11.6 Å². The highest BCUT2D eigenvalue weighted by molar-refractivity contribution is 5.94. The Morgan fingerprint density at radius 3 is 2.26 bits per heavy atom. The highest BCUT2D eigenvalue weighted by atomic mass is 16.5. The van der Waals surface area contributed by atoms with Gasteiger partial charge in [-0.05, 0) is 19.8 Å². The highest BCUT2D eigenvalue weighted by Crippen LogP contribution is 2.28. The lowest BCUT2D eigenvalue weighted by Crippen LogP contribution is -2.62. The number of amides is 3. The van der Waals surface area contributed by atoms with E-state index in [0.717, 1.165) is 19.3 Å². The Bertz CT molecular complexity index is 454. The minimum Gasteiger partial charge on any atom is -0.378 e. The fourth-order valence-electron chi connectivity index (χ4n) is 3.36. The van der Waals surface area contributed by atoms with Gasteiger partial charge in [-0.2, -0.15) is 0 Å². The van der Waals surface area contributed by atoms with Crippen molar-refractivity contribution >= 4 is 17.7 Å². The molecule has 0 aromatic rings. The first-order chi connectivity index (χ1) is 10.9. The molecule has 1 atom stereocenters. The zero-order chi connectivity index (χ0) is 16.9. The molecular weight excluding hydrogens is 298 g/mol. The fourth-order valence-corrected chi connectivity index (χ4v) is 3.36. The van der Waals surface area contributed by atoms with Crippen LogP contribution in [0, 0.1) is 0 Å². The maximum Gasteiger partial charge on any atom is 0.246 e. The summed E-state index contributed by atoms with van der Waals surface area (Å²) in [7, 11) is 0. The van der Waals surface area contributed by atoms with Crippen LogP contribution < -0.4 is 10.6 Å². The largest absolute Gasteiger partial charge is 0.378 e. The van der Waals surface area contributed by atoms with Crippen LogP contribution in [0.1, 0.15) is 46.0 Å². The second kappa shape index (κ2) is 7.77. The molecule has 2 fully saturated rings. The van der Waals surface area contributed by atoms with Gasteiger partial charge in [-0.1, -0.05) is 19.3 Å². The fraction of sp³-hybridized carbons (Fsp3) is 0.812. The molecule has 1 heterocycles. The van der Waals surface area contributed by atoms with Crippen molar-refractivity contribution in [3.63, 3.8) is 0 Å². The van der Waals surface area contributed by atoms with E-state index in [2.05, 4.69) is 10.6 Å². The van der Waals surface area contributed by atoms with Crippen molar-refractivity contribution in [3.8, 4) is 0 Å². The Morgan fingerprint density at radius 1 is 1.09 bits per heavy atom. The molecule has 1 unspecified atom stereocenters.